The topological polar surface area (TPSA) is 72.8 Å². The zero-order chi connectivity index (χ0) is 24.1. The number of hydrogen-bond acceptors (Lipinski definition) is 4. The van der Waals surface area contributed by atoms with Crippen LogP contribution in [0.2, 0.25) is 0 Å². The van der Waals surface area contributed by atoms with E-state index in [-0.39, 0.29) is 17.1 Å². The first-order chi connectivity index (χ1) is 16.0. The number of ketones is 1. The highest BCUT2D eigenvalue weighted by Crippen LogP contribution is 2.28. The van der Waals surface area contributed by atoms with Gasteiger partial charge in [-0.3, -0.25) is 4.79 Å². The number of unbranched alkanes of at least 4 members (excludes halogenated alkanes) is 3. The molecule has 0 amide bonds. The van der Waals surface area contributed by atoms with E-state index in [1.807, 2.05) is 32.1 Å². The van der Waals surface area contributed by atoms with E-state index in [0.717, 1.165) is 17.7 Å². The Hall–Kier alpha value is -3.34. The predicted octanol–water partition coefficient (Wildman–Crippen LogP) is 6.86. The molecule has 0 fully saturated rings. The summed E-state index contributed by atoms with van der Waals surface area (Å²) in [5.41, 5.74) is 2.50. The summed E-state index contributed by atoms with van der Waals surface area (Å²) >= 11 is 0. The summed E-state index contributed by atoms with van der Waals surface area (Å²) in [6.45, 7) is 5.51. The van der Waals surface area contributed by atoms with E-state index in [1.165, 1.54) is 37.3 Å². The van der Waals surface area contributed by atoms with Crippen molar-refractivity contribution in [2.24, 2.45) is 0 Å². The van der Waals surface area contributed by atoms with Crippen molar-refractivity contribution in [2.75, 3.05) is 6.61 Å². The lowest BCUT2D eigenvalue weighted by atomic mass is 10.0. The molecule has 1 N–H and O–H groups in total. The molecule has 0 aliphatic rings. The summed E-state index contributed by atoms with van der Waals surface area (Å²) in [5.74, 6) is 0.0472. The van der Waals surface area contributed by atoms with Crippen LogP contribution in [0.3, 0.4) is 0 Å². The Morgan fingerprint density at radius 1 is 1.00 bits per heavy atom. The molecule has 0 heterocycles. The first-order valence-electron chi connectivity index (χ1n) is 11.6. The minimum atomic E-state index is -1.12. The number of carboxylic acid groups (broad SMARTS) is 1. The molecule has 0 radical (unpaired) electrons. The van der Waals surface area contributed by atoms with Crippen molar-refractivity contribution >= 4 is 17.8 Å². The second-order valence-electron chi connectivity index (χ2n) is 7.80. The number of aryl methyl sites for hydroxylation is 1. The van der Waals surface area contributed by atoms with Crippen molar-refractivity contribution in [1.29, 1.82) is 0 Å². The lowest BCUT2D eigenvalue weighted by molar-refractivity contribution is -0.139. The Kier molecular flexibility index (Phi) is 10.9. The van der Waals surface area contributed by atoms with Gasteiger partial charge in [-0.05, 0) is 55.2 Å². The van der Waals surface area contributed by atoms with Crippen LogP contribution >= 0.6 is 0 Å². The van der Waals surface area contributed by atoms with E-state index in [4.69, 9.17) is 14.6 Å². The normalized spacial score (nSPS) is 11.5. The average Bonchev–Trinajstić information content (AvgIpc) is 2.83. The second kappa shape index (κ2) is 13.9. The number of aliphatic carboxylic acids is 1. The van der Waals surface area contributed by atoms with Crippen molar-refractivity contribution in [2.45, 2.75) is 59.3 Å². The highest BCUT2D eigenvalue weighted by atomic mass is 16.5. The summed E-state index contributed by atoms with van der Waals surface area (Å²) in [7, 11) is 0. The lowest BCUT2D eigenvalue weighted by Crippen LogP contribution is -2.12. The number of rotatable bonds is 14. The molecule has 0 aliphatic heterocycles. The van der Waals surface area contributed by atoms with Gasteiger partial charge in [-0.15, -0.1) is 0 Å². The highest BCUT2D eigenvalue weighted by Gasteiger charge is 2.14. The first kappa shape index (κ1) is 25.9. The third kappa shape index (κ3) is 8.97. The molecule has 0 spiro atoms. The molecule has 0 saturated heterocycles. The number of benzene rings is 2. The lowest BCUT2D eigenvalue weighted by Gasteiger charge is -2.12. The smallest absolute Gasteiger partial charge is 0.341 e. The summed E-state index contributed by atoms with van der Waals surface area (Å²) in [5, 5.41) is 8.99. The van der Waals surface area contributed by atoms with Crippen LogP contribution in [0.25, 0.3) is 6.08 Å². The molecule has 0 unspecified atom stereocenters. The standard InChI is InChI=1S/C28H34O5/c1-4-7-8-9-10-21-11-13-22(14-12-21)15-18-26(29)25-17-16-24(33-23(5-2)6-3)19-27(25)32-20-28(30)31/h5,11-19H,4,6-10,20H2,1-3H3,(H,30,31). The monoisotopic (exact) mass is 450 g/mol. The maximum atomic E-state index is 12.8. The van der Waals surface area contributed by atoms with Gasteiger partial charge in [0.1, 0.15) is 11.5 Å². The molecule has 2 rings (SSSR count). The van der Waals surface area contributed by atoms with Crippen LogP contribution in [0.1, 0.15) is 74.4 Å². The molecule has 0 aromatic heterocycles. The van der Waals surface area contributed by atoms with Gasteiger partial charge < -0.3 is 14.6 Å². The van der Waals surface area contributed by atoms with E-state index in [1.54, 1.807) is 24.3 Å². The van der Waals surface area contributed by atoms with E-state index in [0.29, 0.717) is 12.2 Å². The van der Waals surface area contributed by atoms with Crippen LogP contribution in [0, 0.1) is 0 Å². The Morgan fingerprint density at radius 3 is 2.39 bits per heavy atom. The Balaban J connectivity index is 2.12. The molecular weight excluding hydrogens is 416 g/mol. The van der Waals surface area contributed by atoms with Crippen LogP contribution < -0.4 is 9.47 Å². The molecular formula is C28H34O5. The number of hydrogen-bond donors (Lipinski definition) is 1. The number of carboxylic acids is 1. The van der Waals surface area contributed by atoms with Gasteiger partial charge in [-0.1, -0.05) is 63.5 Å². The van der Waals surface area contributed by atoms with Gasteiger partial charge in [-0.25, -0.2) is 4.79 Å². The fraction of sp³-hybridized carbons (Fsp3) is 0.357. The van der Waals surface area contributed by atoms with Crippen molar-refractivity contribution in [3.8, 4) is 11.5 Å². The van der Waals surface area contributed by atoms with Gasteiger partial charge in [0, 0.05) is 12.5 Å². The van der Waals surface area contributed by atoms with Crippen molar-refractivity contribution in [3.63, 3.8) is 0 Å². The van der Waals surface area contributed by atoms with Gasteiger partial charge in [-0.2, -0.15) is 0 Å². The largest absolute Gasteiger partial charge is 0.481 e. The fourth-order valence-electron chi connectivity index (χ4n) is 3.33. The predicted molar refractivity (Wildman–Crippen MR) is 132 cm³/mol. The summed E-state index contributed by atoms with van der Waals surface area (Å²) in [4.78, 5) is 23.8. The zero-order valence-electron chi connectivity index (χ0n) is 19.8. The molecule has 5 heteroatoms. The SMILES string of the molecule is CC=C(CC)Oc1ccc(C(=O)C=Cc2ccc(CCCCCC)cc2)c(OCC(=O)O)c1. The van der Waals surface area contributed by atoms with Crippen LogP contribution in [0.15, 0.2) is 60.4 Å². The maximum Gasteiger partial charge on any atom is 0.341 e. The van der Waals surface area contributed by atoms with Crippen molar-refractivity contribution in [3.05, 3.63) is 77.1 Å². The van der Waals surface area contributed by atoms with Crippen LogP contribution in [0.4, 0.5) is 0 Å². The molecule has 0 bridgehead atoms. The molecule has 5 nitrogen and oxygen atoms in total. The van der Waals surface area contributed by atoms with Crippen LogP contribution in [-0.4, -0.2) is 23.5 Å². The first-order valence-corrected chi connectivity index (χ1v) is 11.6. The third-order valence-electron chi connectivity index (χ3n) is 5.21. The second-order valence-corrected chi connectivity index (χ2v) is 7.80. The quantitative estimate of drug-likeness (QED) is 0.147. The molecule has 0 atom stereocenters. The summed E-state index contributed by atoms with van der Waals surface area (Å²) < 4.78 is 11.2. The van der Waals surface area contributed by atoms with Crippen LogP contribution in [-0.2, 0) is 11.2 Å². The molecule has 2 aromatic carbocycles. The van der Waals surface area contributed by atoms with E-state index in [9.17, 15) is 9.59 Å². The average molecular weight is 451 g/mol. The maximum absolute atomic E-state index is 12.8. The third-order valence-corrected chi connectivity index (χ3v) is 5.21. The van der Waals surface area contributed by atoms with Gasteiger partial charge in [0.2, 0.25) is 0 Å². The Labute approximate surface area is 196 Å². The van der Waals surface area contributed by atoms with Crippen molar-refractivity contribution < 1.29 is 24.2 Å². The molecule has 176 valence electrons. The summed E-state index contributed by atoms with van der Waals surface area (Å²) in [6.07, 6.45) is 11.8. The summed E-state index contributed by atoms with van der Waals surface area (Å²) in [6, 6.07) is 13.0. The van der Waals surface area contributed by atoms with Gasteiger partial charge in [0.15, 0.2) is 12.4 Å². The minimum absolute atomic E-state index is 0.179. The minimum Gasteiger partial charge on any atom is -0.481 e. The zero-order valence-corrected chi connectivity index (χ0v) is 19.8. The number of carbonyl (C=O) groups is 2. The van der Waals surface area contributed by atoms with Gasteiger partial charge in [0.05, 0.1) is 11.3 Å². The fourth-order valence-corrected chi connectivity index (χ4v) is 3.33. The molecule has 33 heavy (non-hydrogen) atoms. The van der Waals surface area contributed by atoms with Gasteiger partial charge >= 0.3 is 5.97 Å². The molecule has 0 aliphatic carbocycles. The molecule has 0 saturated carbocycles. The number of ether oxygens (including phenoxy) is 2. The van der Waals surface area contributed by atoms with E-state index < -0.39 is 12.6 Å². The number of allylic oxidation sites excluding steroid dienone is 3. The van der Waals surface area contributed by atoms with Crippen molar-refractivity contribution in [1.82, 2.24) is 0 Å². The van der Waals surface area contributed by atoms with Gasteiger partial charge in [0.25, 0.3) is 0 Å². The molecule has 2 aromatic rings. The highest BCUT2D eigenvalue weighted by molar-refractivity contribution is 6.08. The van der Waals surface area contributed by atoms with Crippen LogP contribution in [0.5, 0.6) is 11.5 Å². The Morgan fingerprint density at radius 2 is 1.76 bits per heavy atom. The van der Waals surface area contributed by atoms with E-state index in [2.05, 4.69) is 19.1 Å². The number of carbonyl (C=O) groups excluding carboxylic acids is 1. The Bertz CT molecular complexity index is 970. The van der Waals surface area contributed by atoms with E-state index >= 15 is 0 Å².